The van der Waals surface area contributed by atoms with Crippen molar-refractivity contribution < 1.29 is 28.6 Å². The summed E-state index contributed by atoms with van der Waals surface area (Å²) in [4.78, 5) is 38.3. The molecule has 6 heteroatoms. The molecule has 0 heterocycles. The van der Waals surface area contributed by atoms with E-state index in [0.29, 0.717) is 19.3 Å². The number of hydrogen-bond acceptors (Lipinski definition) is 6. The quantitative estimate of drug-likeness (QED) is 0.0261. The van der Waals surface area contributed by atoms with Crippen LogP contribution in [0.15, 0.2) is 60.8 Å². The number of esters is 3. The van der Waals surface area contributed by atoms with E-state index in [4.69, 9.17) is 14.2 Å². The van der Waals surface area contributed by atoms with Crippen LogP contribution in [0.4, 0.5) is 0 Å². The van der Waals surface area contributed by atoms with Gasteiger partial charge in [-0.05, 0) is 109 Å². The summed E-state index contributed by atoms with van der Waals surface area (Å²) in [6, 6.07) is 0. The van der Waals surface area contributed by atoms with Crippen LogP contribution in [-0.4, -0.2) is 37.2 Å². The minimum Gasteiger partial charge on any atom is -0.462 e. The van der Waals surface area contributed by atoms with E-state index in [1.165, 1.54) is 238 Å². The maximum atomic E-state index is 12.9. The second-order valence-corrected chi connectivity index (χ2v) is 23.1. The van der Waals surface area contributed by atoms with Gasteiger partial charge in [-0.15, -0.1) is 0 Å². The first kappa shape index (κ1) is 75.1. The largest absolute Gasteiger partial charge is 0.462 e. The lowest BCUT2D eigenvalue weighted by atomic mass is 10.0. The van der Waals surface area contributed by atoms with Crippen molar-refractivity contribution in [2.24, 2.45) is 0 Å². The lowest BCUT2D eigenvalue weighted by molar-refractivity contribution is -0.167. The van der Waals surface area contributed by atoms with Crippen molar-refractivity contribution in [3.63, 3.8) is 0 Å². The van der Waals surface area contributed by atoms with Crippen molar-refractivity contribution in [2.75, 3.05) is 13.2 Å². The fraction of sp³-hybridized carbons (Fsp3) is 0.819. The van der Waals surface area contributed by atoms with Gasteiger partial charge in [0.15, 0.2) is 6.10 Å². The Bertz CT molecular complexity index is 1390. The summed E-state index contributed by atoms with van der Waals surface area (Å²) in [6.45, 7) is 6.64. The number of rotatable bonds is 63. The van der Waals surface area contributed by atoms with Crippen molar-refractivity contribution in [3.05, 3.63) is 60.8 Å². The van der Waals surface area contributed by atoms with Crippen LogP contribution < -0.4 is 0 Å². The van der Waals surface area contributed by atoms with Crippen LogP contribution in [0.25, 0.3) is 0 Å². The van der Waals surface area contributed by atoms with Crippen molar-refractivity contribution in [2.45, 2.75) is 367 Å². The highest BCUT2D eigenvalue weighted by Gasteiger charge is 2.19. The fourth-order valence-corrected chi connectivity index (χ4v) is 10.0. The van der Waals surface area contributed by atoms with Gasteiger partial charge in [-0.25, -0.2) is 0 Å². The highest BCUT2D eigenvalue weighted by Crippen LogP contribution is 2.17. The number of carbonyl (C=O) groups excluding carboxylic acids is 3. The Morgan fingerprint density at radius 1 is 0.256 bits per heavy atom. The highest BCUT2D eigenvalue weighted by atomic mass is 16.6. The molecule has 0 amide bonds. The Balaban J connectivity index is 4.18. The van der Waals surface area contributed by atoms with Crippen LogP contribution in [0.1, 0.15) is 361 Å². The van der Waals surface area contributed by atoms with Gasteiger partial charge in [0.05, 0.1) is 0 Å². The van der Waals surface area contributed by atoms with Gasteiger partial charge >= 0.3 is 17.9 Å². The second kappa shape index (κ2) is 66.6. The molecule has 0 aromatic heterocycles. The topological polar surface area (TPSA) is 78.9 Å². The Kier molecular flexibility index (Phi) is 64.2. The summed E-state index contributed by atoms with van der Waals surface area (Å²) >= 11 is 0. The number of ether oxygens (including phenoxy) is 3. The molecule has 0 aliphatic rings. The highest BCUT2D eigenvalue weighted by molar-refractivity contribution is 5.71. The van der Waals surface area contributed by atoms with Crippen LogP contribution in [0, 0.1) is 0 Å². The third-order valence-corrected chi connectivity index (χ3v) is 15.2. The monoisotopic (exact) mass is 1090 g/mol. The molecule has 0 aliphatic heterocycles. The molecular formula is C72H130O6. The molecule has 0 spiro atoms. The minimum atomic E-state index is -0.781. The van der Waals surface area contributed by atoms with E-state index >= 15 is 0 Å². The minimum absolute atomic E-state index is 0.0770. The number of allylic oxidation sites excluding steroid dienone is 10. The summed E-state index contributed by atoms with van der Waals surface area (Å²) in [5.41, 5.74) is 0. The van der Waals surface area contributed by atoms with Crippen molar-refractivity contribution in [3.8, 4) is 0 Å². The number of carbonyl (C=O) groups is 3. The van der Waals surface area contributed by atoms with Gasteiger partial charge in [0, 0.05) is 19.3 Å². The molecule has 0 rings (SSSR count). The van der Waals surface area contributed by atoms with E-state index in [1.807, 2.05) is 0 Å². The van der Waals surface area contributed by atoms with Crippen LogP contribution in [-0.2, 0) is 28.6 Å². The Hall–Kier alpha value is -2.89. The predicted octanol–water partition coefficient (Wildman–Crippen LogP) is 23.5. The van der Waals surface area contributed by atoms with E-state index in [2.05, 4.69) is 81.5 Å². The van der Waals surface area contributed by atoms with E-state index in [9.17, 15) is 14.4 Å². The van der Waals surface area contributed by atoms with Crippen molar-refractivity contribution >= 4 is 17.9 Å². The first-order chi connectivity index (χ1) is 38.5. The van der Waals surface area contributed by atoms with Crippen LogP contribution in [0.5, 0.6) is 0 Å². The number of unbranched alkanes of at least 4 members (excludes halogenated alkanes) is 42. The van der Waals surface area contributed by atoms with E-state index < -0.39 is 6.10 Å². The molecule has 0 N–H and O–H groups in total. The maximum Gasteiger partial charge on any atom is 0.306 e. The lowest BCUT2D eigenvalue weighted by Gasteiger charge is -2.18. The maximum absolute atomic E-state index is 12.9. The van der Waals surface area contributed by atoms with Gasteiger partial charge in [-0.3, -0.25) is 14.4 Å². The smallest absolute Gasteiger partial charge is 0.306 e. The molecule has 0 aromatic carbocycles. The zero-order chi connectivity index (χ0) is 56.4. The van der Waals surface area contributed by atoms with Crippen LogP contribution >= 0.6 is 0 Å². The normalized spacial score (nSPS) is 12.4. The molecule has 6 nitrogen and oxygen atoms in total. The zero-order valence-electron chi connectivity index (χ0n) is 52.2. The van der Waals surface area contributed by atoms with Gasteiger partial charge in [0.1, 0.15) is 13.2 Å². The first-order valence-corrected chi connectivity index (χ1v) is 34.3. The van der Waals surface area contributed by atoms with Crippen LogP contribution in [0.2, 0.25) is 0 Å². The Morgan fingerprint density at radius 3 is 0.744 bits per heavy atom. The SMILES string of the molecule is CCCCCC/C=C\CCCCCCCC(=O)OCC(COC(=O)CCCCCCCCCCCCCCCCCC/C=C\C/C=C\C/C=C\CCCCCCC)OC(=O)CCCCCCC/C=C\CCCCCCCCC. The van der Waals surface area contributed by atoms with E-state index in [-0.39, 0.29) is 31.1 Å². The average Bonchev–Trinajstić information content (AvgIpc) is 3.44. The molecular weight excluding hydrogens is 961 g/mol. The molecule has 0 saturated carbocycles. The molecule has 1 unspecified atom stereocenters. The summed E-state index contributed by atoms with van der Waals surface area (Å²) < 4.78 is 16.9. The molecule has 454 valence electrons. The standard InChI is InChI=1S/C72H130O6/c1-4-7-10-13-16-19-22-25-27-29-30-31-32-33-34-35-36-37-38-39-40-41-42-43-45-47-50-53-56-59-62-65-71(74)77-68-69(67-76-70(73)64-61-58-55-52-49-46-24-21-18-15-12-9-6-3)78-72(75)66-63-60-57-54-51-48-44-28-26-23-20-17-14-11-8-5-2/h21-22,24-25,28-30,32-33,44,69H,4-20,23,26-27,31,34-43,45-68H2,1-3H3/b24-21-,25-22-,30-29-,33-32-,44-28-. The Morgan fingerprint density at radius 2 is 0.462 bits per heavy atom. The average molecular weight is 1090 g/mol. The van der Waals surface area contributed by atoms with Gasteiger partial charge in [-0.2, -0.15) is 0 Å². The fourth-order valence-electron chi connectivity index (χ4n) is 10.0. The number of hydrogen-bond donors (Lipinski definition) is 0. The van der Waals surface area contributed by atoms with Gasteiger partial charge in [0.2, 0.25) is 0 Å². The lowest BCUT2D eigenvalue weighted by Crippen LogP contribution is -2.30. The molecule has 0 bridgehead atoms. The molecule has 0 fully saturated rings. The van der Waals surface area contributed by atoms with Crippen molar-refractivity contribution in [1.82, 2.24) is 0 Å². The van der Waals surface area contributed by atoms with Gasteiger partial charge < -0.3 is 14.2 Å². The summed E-state index contributed by atoms with van der Waals surface area (Å²) in [5.74, 6) is -0.876. The molecule has 1 atom stereocenters. The molecule has 0 aliphatic carbocycles. The molecule has 0 saturated heterocycles. The summed E-state index contributed by atoms with van der Waals surface area (Å²) in [7, 11) is 0. The summed E-state index contributed by atoms with van der Waals surface area (Å²) in [5, 5.41) is 0. The van der Waals surface area contributed by atoms with Gasteiger partial charge in [0.25, 0.3) is 0 Å². The third kappa shape index (κ3) is 63.9. The Labute approximate surface area is 485 Å². The van der Waals surface area contributed by atoms with E-state index in [1.54, 1.807) is 0 Å². The molecule has 0 aromatic rings. The summed E-state index contributed by atoms with van der Waals surface area (Å²) in [6.07, 6.45) is 85.3. The van der Waals surface area contributed by atoms with Crippen LogP contribution in [0.3, 0.4) is 0 Å². The third-order valence-electron chi connectivity index (χ3n) is 15.2. The molecule has 78 heavy (non-hydrogen) atoms. The first-order valence-electron chi connectivity index (χ1n) is 34.3. The van der Waals surface area contributed by atoms with E-state index in [0.717, 1.165) is 83.5 Å². The second-order valence-electron chi connectivity index (χ2n) is 23.1. The van der Waals surface area contributed by atoms with Crippen molar-refractivity contribution in [1.29, 1.82) is 0 Å². The zero-order valence-corrected chi connectivity index (χ0v) is 52.2. The predicted molar refractivity (Wildman–Crippen MR) is 339 cm³/mol. The molecule has 0 radical (unpaired) electrons. The van der Waals surface area contributed by atoms with Gasteiger partial charge in [-0.1, -0.05) is 293 Å².